The summed E-state index contributed by atoms with van der Waals surface area (Å²) in [6.45, 7) is 1.77. The lowest BCUT2D eigenvalue weighted by Gasteiger charge is -2.20. The quantitative estimate of drug-likeness (QED) is 0.884. The number of halogens is 2. The minimum absolute atomic E-state index is 0.0831. The van der Waals surface area contributed by atoms with Crippen LogP contribution in [0.5, 0.6) is 0 Å². The van der Waals surface area contributed by atoms with Gasteiger partial charge in [0.1, 0.15) is 17.3 Å². The zero-order valence-corrected chi connectivity index (χ0v) is 13.1. The fourth-order valence-electron chi connectivity index (χ4n) is 2.09. The van der Waals surface area contributed by atoms with E-state index in [1.807, 2.05) is 0 Å². The Morgan fingerprint density at radius 3 is 2.42 bits per heavy atom. The number of pyridine rings is 1. The van der Waals surface area contributed by atoms with Gasteiger partial charge in [0.15, 0.2) is 0 Å². The van der Waals surface area contributed by atoms with E-state index in [0.717, 1.165) is 12.1 Å². The number of benzene rings is 1. The molecule has 1 N–H and O–H groups in total. The molecule has 0 bridgehead atoms. The van der Waals surface area contributed by atoms with E-state index < -0.39 is 23.2 Å². The van der Waals surface area contributed by atoms with Crippen LogP contribution >= 0.6 is 0 Å². The third-order valence-electron chi connectivity index (χ3n) is 3.36. The largest absolute Gasteiger partial charge is 0.337 e. The maximum atomic E-state index is 13.5. The summed E-state index contributed by atoms with van der Waals surface area (Å²) in [4.78, 5) is 29.1. The lowest BCUT2D eigenvalue weighted by atomic mass is 10.2. The highest BCUT2D eigenvalue weighted by atomic mass is 19.1. The molecule has 1 aromatic heterocycles. The number of carbonyl (C=O) groups is 2. The molecule has 0 saturated heterocycles. The average molecular weight is 333 g/mol. The Morgan fingerprint density at radius 1 is 1.12 bits per heavy atom. The molecule has 1 heterocycles. The second kappa shape index (κ2) is 8.14. The standard InChI is InChI=1S/C17H17F2N3O2/c1-12(23)22(11-13-5-2-3-9-20-13)10-8-16(24)21-17-14(18)6-4-7-15(17)19/h2-7,9H,8,10-11H2,1H3,(H,21,24). The Hall–Kier alpha value is -2.83. The second-order valence-corrected chi connectivity index (χ2v) is 5.16. The summed E-state index contributed by atoms with van der Waals surface area (Å²) in [5.74, 6) is -2.49. The molecule has 0 unspecified atom stereocenters. The third kappa shape index (κ3) is 4.84. The Kier molecular flexibility index (Phi) is 5.95. The van der Waals surface area contributed by atoms with E-state index in [1.165, 1.54) is 17.9 Å². The monoisotopic (exact) mass is 333 g/mol. The summed E-state index contributed by atoms with van der Waals surface area (Å²) in [6.07, 6.45) is 1.53. The topological polar surface area (TPSA) is 62.3 Å². The van der Waals surface area contributed by atoms with Gasteiger partial charge < -0.3 is 10.2 Å². The van der Waals surface area contributed by atoms with Crippen molar-refractivity contribution in [2.24, 2.45) is 0 Å². The van der Waals surface area contributed by atoms with Crippen molar-refractivity contribution in [1.29, 1.82) is 0 Å². The summed E-state index contributed by atoms with van der Waals surface area (Å²) >= 11 is 0. The van der Waals surface area contributed by atoms with Crippen LogP contribution in [0.3, 0.4) is 0 Å². The molecule has 0 saturated carbocycles. The van der Waals surface area contributed by atoms with Crippen molar-refractivity contribution in [2.75, 3.05) is 11.9 Å². The fraction of sp³-hybridized carbons (Fsp3) is 0.235. The molecule has 7 heteroatoms. The van der Waals surface area contributed by atoms with E-state index in [0.29, 0.717) is 5.69 Å². The van der Waals surface area contributed by atoms with E-state index in [2.05, 4.69) is 10.3 Å². The van der Waals surface area contributed by atoms with Crippen LogP contribution in [-0.4, -0.2) is 28.2 Å². The van der Waals surface area contributed by atoms with Crippen LogP contribution in [0.4, 0.5) is 14.5 Å². The first-order valence-electron chi connectivity index (χ1n) is 7.36. The number of hydrogen-bond donors (Lipinski definition) is 1. The number of amides is 2. The molecule has 0 aliphatic heterocycles. The smallest absolute Gasteiger partial charge is 0.226 e. The minimum Gasteiger partial charge on any atom is -0.337 e. The van der Waals surface area contributed by atoms with Gasteiger partial charge in [-0.15, -0.1) is 0 Å². The summed E-state index contributed by atoms with van der Waals surface area (Å²) < 4.78 is 27.0. The van der Waals surface area contributed by atoms with Crippen molar-refractivity contribution in [2.45, 2.75) is 19.9 Å². The lowest BCUT2D eigenvalue weighted by Crippen LogP contribution is -2.32. The fourth-order valence-corrected chi connectivity index (χ4v) is 2.09. The SMILES string of the molecule is CC(=O)N(CCC(=O)Nc1c(F)cccc1F)Cc1ccccn1. The van der Waals surface area contributed by atoms with Gasteiger partial charge in [0.25, 0.3) is 0 Å². The van der Waals surface area contributed by atoms with E-state index in [1.54, 1.807) is 24.4 Å². The minimum atomic E-state index is -0.847. The van der Waals surface area contributed by atoms with Gasteiger partial charge in [0.2, 0.25) is 11.8 Å². The number of nitrogens with one attached hydrogen (secondary N) is 1. The van der Waals surface area contributed by atoms with Crippen LogP contribution < -0.4 is 5.32 Å². The van der Waals surface area contributed by atoms with Crippen molar-refractivity contribution in [3.63, 3.8) is 0 Å². The molecular weight excluding hydrogens is 316 g/mol. The predicted molar refractivity (Wildman–Crippen MR) is 84.9 cm³/mol. The van der Waals surface area contributed by atoms with Crippen molar-refractivity contribution in [3.05, 3.63) is 59.9 Å². The van der Waals surface area contributed by atoms with Crippen molar-refractivity contribution < 1.29 is 18.4 Å². The molecule has 126 valence electrons. The normalized spacial score (nSPS) is 10.3. The van der Waals surface area contributed by atoms with Crippen molar-refractivity contribution in [1.82, 2.24) is 9.88 Å². The van der Waals surface area contributed by atoms with E-state index in [4.69, 9.17) is 0 Å². The third-order valence-corrected chi connectivity index (χ3v) is 3.36. The molecule has 5 nitrogen and oxygen atoms in total. The zero-order chi connectivity index (χ0) is 17.5. The van der Waals surface area contributed by atoms with Gasteiger partial charge in [-0.2, -0.15) is 0 Å². The highest BCUT2D eigenvalue weighted by molar-refractivity contribution is 5.91. The molecule has 2 aromatic rings. The van der Waals surface area contributed by atoms with Crippen LogP contribution in [0.2, 0.25) is 0 Å². The van der Waals surface area contributed by atoms with Gasteiger partial charge in [0, 0.05) is 26.1 Å². The van der Waals surface area contributed by atoms with Crippen LogP contribution in [0, 0.1) is 11.6 Å². The van der Waals surface area contributed by atoms with Gasteiger partial charge in [-0.3, -0.25) is 14.6 Å². The van der Waals surface area contributed by atoms with Crippen LogP contribution in [-0.2, 0) is 16.1 Å². The first kappa shape index (κ1) is 17.5. The van der Waals surface area contributed by atoms with Gasteiger partial charge >= 0.3 is 0 Å². The summed E-state index contributed by atoms with van der Waals surface area (Å²) in [5, 5.41) is 2.19. The first-order chi connectivity index (χ1) is 11.5. The Morgan fingerprint density at radius 2 is 1.83 bits per heavy atom. The van der Waals surface area contributed by atoms with Gasteiger partial charge in [-0.05, 0) is 24.3 Å². The number of nitrogens with zero attached hydrogens (tertiary/aromatic N) is 2. The Balaban J connectivity index is 1.94. The van der Waals surface area contributed by atoms with Crippen LogP contribution in [0.15, 0.2) is 42.6 Å². The first-order valence-corrected chi connectivity index (χ1v) is 7.36. The number of rotatable bonds is 6. The van der Waals surface area contributed by atoms with E-state index in [9.17, 15) is 18.4 Å². The van der Waals surface area contributed by atoms with Crippen LogP contribution in [0.25, 0.3) is 0 Å². The number of hydrogen-bond acceptors (Lipinski definition) is 3. The zero-order valence-electron chi connectivity index (χ0n) is 13.1. The van der Waals surface area contributed by atoms with Gasteiger partial charge in [-0.25, -0.2) is 8.78 Å². The molecule has 0 aliphatic rings. The lowest BCUT2D eigenvalue weighted by molar-refractivity contribution is -0.130. The predicted octanol–water partition coefficient (Wildman–Crippen LogP) is 2.74. The van der Waals surface area contributed by atoms with Gasteiger partial charge in [-0.1, -0.05) is 12.1 Å². The molecule has 0 fully saturated rings. The van der Waals surface area contributed by atoms with Crippen LogP contribution in [0.1, 0.15) is 19.0 Å². The second-order valence-electron chi connectivity index (χ2n) is 5.16. The number of carbonyl (C=O) groups excluding carboxylic acids is 2. The highest BCUT2D eigenvalue weighted by Gasteiger charge is 2.15. The molecule has 0 radical (unpaired) electrons. The molecule has 0 spiro atoms. The Labute approximate surface area is 138 Å². The van der Waals surface area contributed by atoms with Crippen molar-refractivity contribution >= 4 is 17.5 Å². The molecular formula is C17H17F2N3O2. The Bertz CT molecular complexity index is 703. The molecule has 0 aliphatic carbocycles. The van der Waals surface area contributed by atoms with E-state index in [-0.39, 0.29) is 25.4 Å². The van der Waals surface area contributed by atoms with Crippen molar-refractivity contribution in [3.8, 4) is 0 Å². The maximum Gasteiger partial charge on any atom is 0.226 e. The molecule has 2 amide bonds. The molecule has 2 rings (SSSR count). The summed E-state index contributed by atoms with van der Waals surface area (Å²) in [6, 6.07) is 8.66. The number of anilines is 1. The molecule has 24 heavy (non-hydrogen) atoms. The summed E-state index contributed by atoms with van der Waals surface area (Å²) in [7, 11) is 0. The van der Waals surface area contributed by atoms with Gasteiger partial charge in [0.05, 0.1) is 12.2 Å². The highest BCUT2D eigenvalue weighted by Crippen LogP contribution is 2.18. The summed E-state index contributed by atoms with van der Waals surface area (Å²) in [5.41, 5.74) is 0.204. The van der Waals surface area contributed by atoms with E-state index >= 15 is 0 Å². The number of para-hydroxylation sites is 1. The average Bonchev–Trinajstić information content (AvgIpc) is 2.55. The molecule has 0 atom stereocenters. The number of aromatic nitrogens is 1. The molecule has 1 aromatic carbocycles. The maximum absolute atomic E-state index is 13.5.